The Morgan fingerprint density at radius 3 is 1.30 bits per heavy atom. The highest BCUT2D eigenvalue weighted by molar-refractivity contribution is 5.78. The molecule has 0 saturated heterocycles. The molecule has 33 heavy (non-hydrogen) atoms. The van der Waals surface area contributed by atoms with Gasteiger partial charge in [-0.25, -0.2) is 0 Å². The Bertz CT molecular complexity index is 1050. The second-order valence-corrected chi connectivity index (χ2v) is 8.62. The van der Waals surface area contributed by atoms with Gasteiger partial charge in [0, 0.05) is 11.1 Å². The van der Waals surface area contributed by atoms with E-state index in [1.54, 1.807) is 0 Å². The van der Waals surface area contributed by atoms with E-state index in [9.17, 15) is 0 Å². The fourth-order valence-electron chi connectivity index (χ4n) is 4.46. The van der Waals surface area contributed by atoms with Gasteiger partial charge in [-0.1, -0.05) is 112 Å². The Morgan fingerprint density at radius 1 is 0.485 bits per heavy atom. The lowest BCUT2D eigenvalue weighted by atomic mass is 9.94. The first kappa shape index (κ1) is 22.9. The van der Waals surface area contributed by atoms with Crippen LogP contribution in [0.15, 0.2) is 97.1 Å². The third kappa shape index (κ3) is 5.54. The van der Waals surface area contributed by atoms with E-state index in [0.717, 1.165) is 24.3 Å². The van der Waals surface area contributed by atoms with Crippen LogP contribution in [0.1, 0.15) is 50.7 Å². The molecule has 0 amide bonds. The SMILES string of the molecule is CCCCc1cccc(Oc2cccc(CCCC)c2-c2ccccc2)c1-c1ccccc1. The molecule has 1 nitrogen and oxygen atoms in total. The van der Waals surface area contributed by atoms with Crippen LogP contribution in [0.3, 0.4) is 0 Å². The number of benzene rings is 4. The maximum absolute atomic E-state index is 6.79. The van der Waals surface area contributed by atoms with Gasteiger partial charge in [0.05, 0.1) is 0 Å². The second-order valence-electron chi connectivity index (χ2n) is 8.62. The lowest BCUT2D eigenvalue weighted by Gasteiger charge is -2.19. The smallest absolute Gasteiger partial charge is 0.135 e. The van der Waals surface area contributed by atoms with E-state index in [1.165, 1.54) is 59.1 Å². The van der Waals surface area contributed by atoms with Crippen LogP contribution in [0.4, 0.5) is 0 Å². The van der Waals surface area contributed by atoms with Crippen LogP contribution in [0, 0.1) is 0 Å². The van der Waals surface area contributed by atoms with E-state index < -0.39 is 0 Å². The molecule has 0 aliphatic heterocycles. The maximum atomic E-state index is 6.79. The number of hydrogen-bond donors (Lipinski definition) is 0. The topological polar surface area (TPSA) is 9.23 Å². The monoisotopic (exact) mass is 434 g/mol. The molecular weight excluding hydrogens is 400 g/mol. The van der Waals surface area contributed by atoms with Gasteiger partial charge in [0.1, 0.15) is 11.5 Å². The fraction of sp³-hybridized carbons (Fsp3) is 0.250. The maximum Gasteiger partial charge on any atom is 0.135 e. The van der Waals surface area contributed by atoms with Gasteiger partial charge in [-0.2, -0.15) is 0 Å². The molecule has 4 aromatic carbocycles. The zero-order valence-electron chi connectivity index (χ0n) is 19.9. The van der Waals surface area contributed by atoms with Gasteiger partial charge < -0.3 is 4.74 Å². The van der Waals surface area contributed by atoms with Gasteiger partial charge in [-0.15, -0.1) is 0 Å². The molecule has 0 aromatic heterocycles. The van der Waals surface area contributed by atoms with Crippen molar-refractivity contribution in [2.45, 2.75) is 52.4 Å². The molecule has 0 atom stereocenters. The third-order valence-corrected chi connectivity index (χ3v) is 6.17. The summed E-state index contributed by atoms with van der Waals surface area (Å²) >= 11 is 0. The van der Waals surface area contributed by atoms with Crippen LogP contribution >= 0.6 is 0 Å². The van der Waals surface area contributed by atoms with Crippen molar-refractivity contribution >= 4 is 0 Å². The average Bonchev–Trinajstić information content (AvgIpc) is 2.87. The lowest BCUT2D eigenvalue weighted by Crippen LogP contribution is -1.98. The van der Waals surface area contributed by atoms with Gasteiger partial charge in [0.2, 0.25) is 0 Å². The highest BCUT2D eigenvalue weighted by atomic mass is 16.5. The molecule has 168 valence electrons. The molecule has 0 unspecified atom stereocenters. The summed E-state index contributed by atoms with van der Waals surface area (Å²) < 4.78 is 6.79. The van der Waals surface area contributed by atoms with Crippen LogP contribution < -0.4 is 4.74 Å². The van der Waals surface area contributed by atoms with Gasteiger partial charge in [-0.3, -0.25) is 0 Å². The van der Waals surface area contributed by atoms with Crippen molar-refractivity contribution in [1.82, 2.24) is 0 Å². The van der Waals surface area contributed by atoms with Gasteiger partial charge in [0.25, 0.3) is 0 Å². The molecule has 0 heterocycles. The van der Waals surface area contributed by atoms with Gasteiger partial charge >= 0.3 is 0 Å². The van der Waals surface area contributed by atoms with Crippen molar-refractivity contribution in [3.63, 3.8) is 0 Å². The van der Waals surface area contributed by atoms with Crippen LogP contribution in [0.25, 0.3) is 22.3 Å². The first-order chi connectivity index (χ1) is 16.3. The number of hydrogen-bond acceptors (Lipinski definition) is 1. The second kappa shape index (κ2) is 11.5. The normalized spacial score (nSPS) is 10.8. The third-order valence-electron chi connectivity index (χ3n) is 6.17. The quantitative estimate of drug-likeness (QED) is 0.241. The highest BCUT2D eigenvalue weighted by Gasteiger charge is 2.16. The van der Waals surface area contributed by atoms with Crippen LogP contribution in [0.5, 0.6) is 11.5 Å². The molecule has 0 N–H and O–H groups in total. The number of aryl methyl sites for hydroxylation is 2. The van der Waals surface area contributed by atoms with Crippen LogP contribution in [0.2, 0.25) is 0 Å². The van der Waals surface area contributed by atoms with E-state index in [1.807, 2.05) is 0 Å². The fourth-order valence-corrected chi connectivity index (χ4v) is 4.46. The zero-order chi connectivity index (χ0) is 22.9. The Morgan fingerprint density at radius 2 is 0.909 bits per heavy atom. The summed E-state index contributed by atoms with van der Waals surface area (Å²) in [6.45, 7) is 4.49. The minimum Gasteiger partial charge on any atom is -0.456 e. The van der Waals surface area contributed by atoms with Crippen molar-refractivity contribution in [1.29, 1.82) is 0 Å². The first-order valence-electron chi connectivity index (χ1n) is 12.3. The standard InChI is InChI=1S/C32H34O/c1-3-5-15-25-21-13-23-29(31(25)27-17-9-7-10-18-27)33-30-24-14-22-26(16-6-4-2)32(30)28-19-11-8-12-20-28/h7-14,17-24H,3-6,15-16H2,1-2H3. The minimum atomic E-state index is 0.930. The Labute approximate surface area is 199 Å². The zero-order valence-corrected chi connectivity index (χ0v) is 19.9. The summed E-state index contributed by atoms with van der Waals surface area (Å²) in [7, 11) is 0. The summed E-state index contributed by atoms with van der Waals surface area (Å²) in [6, 6.07) is 34.3. The van der Waals surface area contributed by atoms with Crippen LogP contribution in [-0.2, 0) is 12.8 Å². The summed E-state index contributed by atoms with van der Waals surface area (Å²) in [5.74, 6) is 1.86. The molecule has 0 aliphatic carbocycles. The predicted octanol–water partition coefficient (Wildman–Crippen LogP) is 9.50. The van der Waals surface area contributed by atoms with Gasteiger partial charge in [0.15, 0.2) is 0 Å². The van der Waals surface area contributed by atoms with Gasteiger partial charge in [-0.05, 0) is 60.1 Å². The van der Waals surface area contributed by atoms with Crippen molar-refractivity contribution < 1.29 is 4.74 Å². The number of rotatable bonds is 10. The van der Waals surface area contributed by atoms with E-state index in [0.29, 0.717) is 0 Å². The molecule has 0 radical (unpaired) electrons. The number of unbranched alkanes of at least 4 members (excludes halogenated alkanes) is 2. The van der Waals surface area contributed by atoms with E-state index in [-0.39, 0.29) is 0 Å². The van der Waals surface area contributed by atoms with Crippen molar-refractivity contribution in [3.8, 4) is 33.8 Å². The Hall–Kier alpha value is -3.32. The highest BCUT2D eigenvalue weighted by Crippen LogP contribution is 2.41. The van der Waals surface area contributed by atoms with Crippen LogP contribution in [-0.4, -0.2) is 0 Å². The molecule has 0 bridgehead atoms. The largest absolute Gasteiger partial charge is 0.456 e. The molecule has 0 saturated carbocycles. The van der Waals surface area contributed by atoms with E-state index >= 15 is 0 Å². The van der Waals surface area contributed by atoms with E-state index in [2.05, 4.69) is 111 Å². The average molecular weight is 435 g/mol. The summed E-state index contributed by atoms with van der Waals surface area (Å²) in [5, 5.41) is 0. The predicted molar refractivity (Wildman–Crippen MR) is 141 cm³/mol. The van der Waals surface area contributed by atoms with Crippen molar-refractivity contribution in [3.05, 3.63) is 108 Å². The summed E-state index contributed by atoms with van der Waals surface area (Å²) in [4.78, 5) is 0. The Kier molecular flexibility index (Phi) is 7.98. The molecule has 4 aromatic rings. The minimum absolute atomic E-state index is 0.930. The molecule has 0 spiro atoms. The molecular formula is C32H34O. The summed E-state index contributed by atoms with van der Waals surface area (Å²) in [5.41, 5.74) is 7.55. The number of ether oxygens (including phenoxy) is 1. The molecule has 0 aliphatic rings. The lowest BCUT2D eigenvalue weighted by molar-refractivity contribution is 0.485. The van der Waals surface area contributed by atoms with E-state index in [4.69, 9.17) is 4.74 Å². The Balaban J connectivity index is 1.83. The summed E-state index contributed by atoms with van der Waals surface area (Å²) in [6.07, 6.45) is 6.81. The molecule has 1 heteroatoms. The first-order valence-corrected chi connectivity index (χ1v) is 12.3. The molecule has 0 fully saturated rings. The van der Waals surface area contributed by atoms with Crippen molar-refractivity contribution in [2.24, 2.45) is 0 Å². The molecule has 4 rings (SSSR count). The van der Waals surface area contributed by atoms with Crippen molar-refractivity contribution in [2.75, 3.05) is 0 Å².